The van der Waals surface area contributed by atoms with Gasteiger partial charge in [-0.2, -0.15) is 0 Å². The maximum atomic E-state index is 12.3. The fourth-order valence-electron chi connectivity index (χ4n) is 4.31. The largest absolute Gasteiger partial charge is 0.481 e. The van der Waals surface area contributed by atoms with Crippen molar-refractivity contribution < 1.29 is 19.4 Å². The number of hydrogen-bond acceptors (Lipinski definition) is 4. The lowest BCUT2D eigenvalue weighted by Gasteiger charge is -2.27. The van der Waals surface area contributed by atoms with Crippen molar-refractivity contribution in [2.75, 3.05) is 26.2 Å². The van der Waals surface area contributed by atoms with Crippen molar-refractivity contribution >= 4 is 24.3 Å². The molecular weight excluding hydrogens is 320 g/mol. The van der Waals surface area contributed by atoms with Crippen molar-refractivity contribution in [2.45, 2.75) is 51.2 Å². The van der Waals surface area contributed by atoms with Crippen molar-refractivity contribution in [1.82, 2.24) is 10.2 Å². The summed E-state index contributed by atoms with van der Waals surface area (Å²) < 4.78 is 5.51. The van der Waals surface area contributed by atoms with Crippen LogP contribution in [0.4, 0.5) is 0 Å². The van der Waals surface area contributed by atoms with Gasteiger partial charge in [0.15, 0.2) is 0 Å². The van der Waals surface area contributed by atoms with Gasteiger partial charge in [-0.05, 0) is 38.5 Å². The molecule has 0 aromatic carbocycles. The predicted molar refractivity (Wildman–Crippen MR) is 87.7 cm³/mol. The van der Waals surface area contributed by atoms with Crippen LogP contribution in [0.15, 0.2) is 0 Å². The second kappa shape index (κ2) is 7.36. The smallest absolute Gasteiger partial charge is 0.311 e. The van der Waals surface area contributed by atoms with Crippen LogP contribution >= 0.6 is 12.4 Å². The van der Waals surface area contributed by atoms with Gasteiger partial charge in [-0.1, -0.05) is 6.42 Å². The highest BCUT2D eigenvalue weighted by molar-refractivity contribution is 5.85. The summed E-state index contributed by atoms with van der Waals surface area (Å²) in [5.74, 6) is -0.515. The van der Waals surface area contributed by atoms with Gasteiger partial charge >= 0.3 is 5.97 Å². The average Bonchev–Trinajstić information content (AvgIpc) is 3.18. The van der Waals surface area contributed by atoms with Crippen LogP contribution in [-0.2, 0) is 14.3 Å². The van der Waals surface area contributed by atoms with Crippen molar-refractivity contribution in [3.8, 4) is 0 Å². The number of ether oxygens (including phenoxy) is 1. The predicted octanol–water partition coefficient (Wildman–Crippen LogP) is 1.28. The Balaban J connectivity index is 0.00000192. The molecule has 3 rings (SSSR count). The Bertz CT molecular complexity index is 455. The van der Waals surface area contributed by atoms with Gasteiger partial charge in [-0.3, -0.25) is 14.5 Å². The maximum Gasteiger partial charge on any atom is 0.311 e. The standard InChI is InChI=1S/C16H26N2O4.ClH/c1-11(14(19)17-8-13-5-3-7-22-13)18-9-12-4-2-6-16(12,10-18)15(20)21;/h11-13H,2-10H2,1H3,(H,17,19)(H,20,21);1H/t11?,12-,13?,16+;/m0./s1. The van der Waals surface area contributed by atoms with Crippen LogP contribution in [-0.4, -0.2) is 60.3 Å². The molecule has 1 saturated carbocycles. The number of fused-ring (bicyclic) bond motifs is 1. The number of halogens is 1. The third kappa shape index (κ3) is 3.49. The lowest BCUT2D eigenvalue weighted by molar-refractivity contribution is -0.149. The molecule has 23 heavy (non-hydrogen) atoms. The van der Waals surface area contributed by atoms with Gasteiger partial charge in [0.25, 0.3) is 0 Å². The van der Waals surface area contributed by atoms with Gasteiger partial charge in [-0.15, -0.1) is 12.4 Å². The first-order chi connectivity index (χ1) is 10.5. The molecule has 7 heteroatoms. The molecule has 2 unspecified atom stereocenters. The summed E-state index contributed by atoms with van der Waals surface area (Å²) in [6.07, 6.45) is 4.90. The van der Waals surface area contributed by atoms with E-state index in [1.807, 2.05) is 11.8 Å². The number of carboxylic acids is 1. The number of carbonyl (C=O) groups is 2. The Labute approximate surface area is 143 Å². The molecule has 3 fully saturated rings. The van der Waals surface area contributed by atoms with Gasteiger partial charge in [-0.25, -0.2) is 0 Å². The summed E-state index contributed by atoms with van der Waals surface area (Å²) in [5, 5.41) is 12.6. The van der Waals surface area contributed by atoms with E-state index in [-0.39, 0.29) is 36.4 Å². The third-order valence-electron chi connectivity index (χ3n) is 5.78. The van der Waals surface area contributed by atoms with Crippen LogP contribution in [0.3, 0.4) is 0 Å². The summed E-state index contributed by atoms with van der Waals surface area (Å²) >= 11 is 0. The Morgan fingerprint density at radius 2 is 2.17 bits per heavy atom. The Kier molecular flexibility index (Phi) is 5.92. The van der Waals surface area contributed by atoms with Gasteiger partial charge in [0, 0.05) is 26.2 Å². The van der Waals surface area contributed by atoms with E-state index >= 15 is 0 Å². The first-order valence-corrected chi connectivity index (χ1v) is 8.40. The molecule has 132 valence electrons. The van der Waals surface area contributed by atoms with Gasteiger partial charge < -0.3 is 15.2 Å². The summed E-state index contributed by atoms with van der Waals surface area (Å²) in [5.41, 5.74) is -0.622. The number of amides is 1. The molecule has 0 radical (unpaired) electrons. The van der Waals surface area contributed by atoms with Crippen molar-refractivity contribution in [3.63, 3.8) is 0 Å². The Morgan fingerprint density at radius 1 is 1.39 bits per heavy atom. The number of likely N-dealkylation sites (tertiary alicyclic amines) is 1. The average molecular weight is 347 g/mol. The Hall–Kier alpha value is -0.850. The minimum absolute atomic E-state index is 0. The molecule has 2 aliphatic heterocycles. The zero-order valence-electron chi connectivity index (χ0n) is 13.6. The summed E-state index contributed by atoms with van der Waals surface area (Å²) in [4.78, 5) is 26.1. The molecule has 3 aliphatic rings. The van der Waals surface area contributed by atoms with Crippen LogP contribution in [0.25, 0.3) is 0 Å². The molecule has 6 nitrogen and oxygen atoms in total. The second-order valence-electron chi connectivity index (χ2n) is 7.04. The highest BCUT2D eigenvalue weighted by atomic mass is 35.5. The summed E-state index contributed by atoms with van der Waals surface area (Å²) in [6.45, 7) is 4.44. The zero-order chi connectivity index (χ0) is 15.7. The molecule has 0 bridgehead atoms. The first kappa shape index (κ1) is 18.5. The lowest BCUT2D eigenvalue weighted by Crippen LogP contribution is -2.47. The van der Waals surface area contributed by atoms with Crippen LogP contribution in [0.1, 0.15) is 39.0 Å². The van der Waals surface area contributed by atoms with Crippen LogP contribution in [0, 0.1) is 11.3 Å². The van der Waals surface area contributed by atoms with Crippen LogP contribution < -0.4 is 5.32 Å². The molecular formula is C16H27ClN2O4. The lowest BCUT2D eigenvalue weighted by atomic mass is 9.81. The van der Waals surface area contributed by atoms with Gasteiger partial charge in [0.05, 0.1) is 17.6 Å². The zero-order valence-corrected chi connectivity index (χ0v) is 14.4. The minimum atomic E-state index is -0.690. The first-order valence-electron chi connectivity index (χ1n) is 8.40. The fraction of sp³-hybridized carbons (Fsp3) is 0.875. The summed E-state index contributed by atoms with van der Waals surface area (Å²) in [7, 11) is 0. The molecule has 1 amide bonds. The van der Waals surface area contributed by atoms with E-state index in [4.69, 9.17) is 4.74 Å². The highest BCUT2D eigenvalue weighted by Crippen LogP contribution is 2.49. The molecule has 2 heterocycles. The topological polar surface area (TPSA) is 78.9 Å². The molecule has 2 N–H and O–H groups in total. The number of carboxylic acid groups (broad SMARTS) is 1. The molecule has 0 aromatic heterocycles. The van der Waals surface area contributed by atoms with Crippen molar-refractivity contribution in [1.29, 1.82) is 0 Å². The Morgan fingerprint density at radius 3 is 2.78 bits per heavy atom. The maximum absolute atomic E-state index is 12.3. The van der Waals surface area contributed by atoms with Gasteiger partial charge in [0.1, 0.15) is 0 Å². The van der Waals surface area contributed by atoms with E-state index in [2.05, 4.69) is 5.32 Å². The van der Waals surface area contributed by atoms with E-state index in [0.717, 1.165) is 45.3 Å². The fourth-order valence-corrected chi connectivity index (χ4v) is 4.31. The third-order valence-corrected chi connectivity index (χ3v) is 5.78. The van der Waals surface area contributed by atoms with Crippen LogP contribution in [0.5, 0.6) is 0 Å². The monoisotopic (exact) mass is 346 g/mol. The number of carbonyl (C=O) groups excluding carboxylic acids is 1. The minimum Gasteiger partial charge on any atom is -0.481 e. The molecule has 0 aromatic rings. The van der Waals surface area contributed by atoms with E-state index < -0.39 is 11.4 Å². The van der Waals surface area contributed by atoms with Crippen LogP contribution in [0.2, 0.25) is 0 Å². The quantitative estimate of drug-likeness (QED) is 0.784. The van der Waals surface area contributed by atoms with E-state index in [0.29, 0.717) is 13.1 Å². The van der Waals surface area contributed by atoms with Crippen molar-refractivity contribution in [2.24, 2.45) is 11.3 Å². The molecule has 1 aliphatic carbocycles. The van der Waals surface area contributed by atoms with E-state index in [1.54, 1.807) is 0 Å². The normalized spacial score (nSPS) is 34.7. The number of aliphatic carboxylic acids is 1. The molecule has 0 spiro atoms. The second-order valence-corrected chi connectivity index (χ2v) is 7.04. The van der Waals surface area contributed by atoms with Crippen molar-refractivity contribution in [3.05, 3.63) is 0 Å². The molecule has 4 atom stereocenters. The van der Waals surface area contributed by atoms with E-state index in [1.165, 1.54) is 0 Å². The van der Waals surface area contributed by atoms with E-state index in [9.17, 15) is 14.7 Å². The number of nitrogens with zero attached hydrogens (tertiary/aromatic N) is 1. The highest BCUT2D eigenvalue weighted by Gasteiger charge is 2.55. The SMILES string of the molecule is CC(C(=O)NCC1CCCO1)N1C[C@@H]2CCC[C@@]2(C(=O)O)C1.Cl. The number of nitrogens with one attached hydrogen (secondary N) is 1. The number of hydrogen-bond donors (Lipinski definition) is 2. The molecule has 2 saturated heterocycles. The number of rotatable bonds is 5. The van der Waals surface area contributed by atoms with Gasteiger partial charge in [0.2, 0.25) is 5.91 Å². The summed E-state index contributed by atoms with van der Waals surface area (Å²) in [6, 6.07) is -0.275.